The monoisotopic (exact) mass is 496 g/mol. The summed E-state index contributed by atoms with van der Waals surface area (Å²) < 4.78 is 39.9. The summed E-state index contributed by atoms with van der Waals surface area (Å²) in [5, 5.41) is 15.4. The molecule has 0 bridgehead atoms. The number of nitrogens with one attached hydrogen (secondary N) is 1. The molecule has 3 atom stereocenters. The zero-order valence-corrected chi connectivity index (χ0v) is 21.9. The summed E-state index contributed by atoms with van der Waals surface area (Å²) >= 11 is 0. The van der Waals surface area contributed by atoms with Crippen molar-refractivity contribution in [3.8, 4) is 0 Å². The van der Waals surface area contributed by atoms with Crippen LogP contribution in [0.15, 0.2) is 18.2 Å². The largest absolute Gasteiger partial charge is 0.385 e. The molecule has 1 aromatic carbocycles. The van der Waals surface area contributed by atoms with Crippen LogP contribution in [0.3, 0.4) is 0 Å². The van der Waals surface area contributed by atoms with Gasteiger partial charge in [-0.15, -0.1) is 0 Å². The number of unbranched alkanes of at least 4 members (excludes halogenated alkanes) is 1. The third-order valence-electron chi connectivity index (χ3n) is 8.39. The Morgan fingerprint density at radius 1 is 1.14 bits per heavy atom. The zero-order valence-electron chi connectivity index (χ0n) is 21.9. The smallest absolute Gasteiger partial charge is 0.164 e. The van der Waals surface area contributed by atoms with E-state index in [4.69, 9.17) is 9.47 Å². The lowest BCUT2D eigenvalue weighted by Crippen LogP contribution is -2.52. The Labute approximate surface area is 210 Å². The summed E-state index contributed by atoms with van der Waals surface area (Å²) in [5.74, 6) is -1.29. The van der Waals surface area contributed by atoms with Gasteiger partial charge in [-0.25, -0.2) is 8.78 Å². The highest BCUT2D eigenvalue weighted by atomic mass is 19.2. The van der Waals surface area contributed by atoms with Crippen LogP contribution in [0.1, 0.15) is 69.8 Å². The van der Waals surface area contributed by atoms with E-state index in [1.807, 2.05) is 7.05 Å². The fraction of sp³-hybridized carbons (Fsp3) is 0.786. The lowest BCUT2D eigenvalue weighted by Gasteiger charge is -2.46. The Balaban J connectivity index is 1.76. The molecule has 1 saturated carbocycles. The maximum atomic E-state index is 15.0. The molecule has 3 rings (SSSR count). The van der Waals surface area contributed by atoms with Gasteiger partial charge in [0.2, 0.25) is 0 Å². The maximum Gasteiger partial charge on any atom is 0.164 e. The molecule has 200 valence electrons. The van der Waals surface area contributed by atoms with Gasteiger partial charge in [-0.3, -0.25) is 4.90 Å². The van der Waals surface area contributed by atoms with Crippen LogP contribution in [-0.2, 0) is 15.1 Å². The maximum absolute atomic E-state index is 15.0. The van der Waals surface area contributed by atoms with Crippen molar-refractivity contribution >= 4 is 0 Å². The van der Waals surface area contributed by atoms with E-state index in [1.54, 1.807) is 20.3 Å². The molecule has 1 aliphatic carbocycles. The fourth-order valence-corrected chi connectivity index (χ4v) is 6.35. The van der Waals surface area contributed by atoms with Gasteiger partial charge >= 0.3 is 0 Å². The van der Waals surface area contributed by atoms with Crippen LogP contribution < -0.4 is 5.32 Å². The molecule has 5 nitrogen and oxygen atoms in total. The average molecular weight is 497 g/mol. The van der Waals surface area contributed by atoms with E-state index >= 15 is 0 Å². The van der Waals surface area contributed by atoms with Crippen LogP contribution >= 0.6 is 0 Å². The molecular weight excluding hydrogens is 450 g/mol. The Hall–Kier alpha value is -1.12. The van der Waals surface area contributed by atoms with Crippen LogP contribution in [0.4, 0.5) is 8.78 Å². The van der Waals surface area contributed by atoms with Crippen LogP contribution in [0.25, 0.3) is 0 Å². The predicted octanol–water partition coefficient (Wildman–Crippen LogP) is 4.86. The molecule has 7 heteroatoms. The molecule has 35 heavy (non-hydrogen) atoms. The first-order valence-corrected chi connectivity index (χ1v) is 13.5. The third-order valence-corrected chi connectivity index (χ3v) is 8.39. The van der Waals surface area contributed by atoms with Crippen molar-refractivity contribution in [2.24, 2.45) is 11.8 Å². The first kappa shape index (κ1) is 28.5. The summed E-state index contributed by atoms with van der Waals surface area (Å²) in [4.78, 5) is 2.49. The molecule has 2 fully saturated rings. The highest BCUT2D eigenvalue weighted by Gasteiger charge is 2.43. The van der Waals surface area contributed by atoms with Crippen molar-refractivity contribution in [3.05, 3.63) is 35.4 Å². The SMILES string of the molecule is CNCC(CC1CCC(OC)CC1)N1CCC[C@@H]([C@@](O)(CCCCOC)c2cccc(F)c2F)C1. The van der Waals surface area contributed by atoms with Gasteiger partial charge in [0.25, 0.3) is 0 Å². The number of halogens is 2. The van der Waals surface area contributed by atoms with Gasteiger partial charge in [0, 0.05) is 51.4 Å². The summed E-state index contributed by atoms with van der Waals surface area (Å²) in [7, 11) is 5.45. The van der Waals surface area contributed by atoms with Crippen molar-refractivity contribution in [2.75, 3.05) is 47.5 Å². The van der Waals surface area contributed by atoms with Crippen LogP contribution in [-0.4, -0.2) is 69.7 Å². The van der Waals surface area contributed by atoms with Gasteiger partial charge in [-0.1, -0.05) is 12.1 Å². The van der Waals surface area contributed by atoms with Crippen LogP contribution in [0, 0.1) is 23.5 Å². The molecule has 0 aromatic heterocycles. The van der Waals surface area contributed by atoms with Gasteiger partial charge in [0.05, 0.1) is 11.7 Å². The second-order valence-electron chi connectivity index (χ2n) is 10.6. The van der Waals surface area contributed by atoms with Gasteiger partial charge in [-0.2, -0.15) is 0 Å². The van der Waals surface area contributed by atoms with Gasteiger partial charge < -0.3 is 19.9 Å². The van der Waals surface area contributed by atoms with E-state index in [0.717, 1.165) is 57.7 Å². The minimum absolute atomic E-state index is 0.102. The number of methoxy groups -OCH3 is 2. The number of likely N-dealkylation sites (N-methyl/N-ethyl adjacent to an activating group) is 1. The van der Waals surface area contributed by atoms with Crippen molar-refractivity contribution in [2.45, 2.75) is 82.0 Å². The molecule has 1 unspecified atom stereocenters. The third kappa shape index (κ3) is 7.45. The molecule has 2 aliphatic rings. The Kier molecular flexibility index (Phi) is 11.4. The Bertz CT molecular complexity index is 760. The predicted molar refractivity (Wildman–Crippen MR) is 135 cm³/mol. The number of likely N-dealkylation sites (tertiary alicyclic amines) is 1. The summed E-state index contributed by atoms with van der Waals surface area (Å²) in [5.41, 5.74) is -1.30. The molecule has 2 N–H and O–H groups in total. The van der Waals surface area contributed by atoms with Crippen molar-refractivity contribution in [1.29, 1.82) is 0 Å². The van der Waals surface area contributed by atoms with E-state index < -0.39 is 17.2 Å². The highest BCUT2D eigenvalue weighted by Crippen LogP contribution is 2.42. The van der Waals surface area contributed by atoms with Crippen molar-refractivity contribution in [1.82, 2.24) is 10.2 Å². The molecule has 1 heterocycles. The van der Waals surface area contributed by atoms with E-state index in [1.165, 1.54) is 18.9 Å². The summed E-state index contributed by atoms with van der Waals surface area (Å²) in [6.45, 7) is 3.14. The van der Waals surface area contributed by atoms with Crippen molar-refractivity contribution in [3.63, 3.8) is 0 Å². The van der Waals surface area contributed by atoms with Gasteiger partial charge in [0.15, 0.2) is 11.6 Å². The minimum atomic E-state index is -1.40. The molecule has 1 aliphatic heterocycles. The van der Waals surface area contributed by atoms with Crippen LogP contribution in [0.2, 0.25) is 0 Å². The molecule has 0 spiro atoms. The number of aliphatic hydroxyl groups is 1. The van der Waals surface area contributed by atoms with E-state index in [2.05, 4.69) is 10.2 Å². The number of hydrogen-bond acceptors (Lipinski definition) is 5. The summed E-state index contributed by atoms with van der Waals surface area (Å²) in [6, 6.07) is 4.56. The van der Waals surface area contributed by atoms with Crippen molar-refractivity contribution < 1.29 is 23.4 Å². The van der Waals surface area contributed by atoms with E-state index in [-0.39, 0.29) is 11.5 Å². The quantitative estimate of drug-likeness (QED) is 0.382. The van der Waals surface area contributed by atoms with Crippen LogP contribution in [0.5, 0.6) is 0 Å². The number of hydrogen-bond donors (Lipinski definition) is 2. The standard InChI is InChI=1S/C28H46F2N2O3/c1-31-19-23(18-21-11-13-24(35-3)14-12-21)32-16-7-8-22(20-32)28(33,15-4-5-17-34-2)25-9-6-10-26(29)27(25)30/h6,9-10,21-24,31,33H,4-5,7-8,11-20H2,1-3H3/t21?,22-,23?,24?,28+/m1/s1. The normalized spacial score (nSPS) is 26.4. The number of ether oxygens (including phenoxy) is 2. The Morgan fingerprint density at radius 3 is 2.60 bits per heavy atom. The lowest BCUT2D eigenvalue weighted by molar-refractivity contribution is -0.0717. The molecule has 0 amide bonds. The first-order chi connectivity index (χ1) is 16.9. The number of nitrogens with zero attached hydrogens (tertiary/aromatic N) is 1. The topological polar surface area (TPSA) is 54.0 Å². The van der Waals surface area contributed by atoms with E-state index in [9.17, 15) is 13.9 Å². The minimum Gasteiger partial charge on any atom is -0.385 e. The zero-order chi connectivity index (χ0) is 25.3. The number of piperidine rings is 1. The summed E-state index contributed by atoms with van der Waals surface area (Å²) in [6.07, 6.45) is 9.74. The fourth-order valence-electron chi connectivity index (χ4n) is 6.35. The Morgan fingerprint density at radius 2 is 1.91 bits per heavy atom. The van der Waals surface area contributed by atoms with E-state index in [0.29, 0.717) is 44.1 Å². The lowest BCUT2D eigenvalue weighted by atomic mass is 9.73. The second-order valence-corrected chi connectivity index (χ2v) is 10.6. The number of benzene rings is 1. The first-order valence-electron chi connectivity index (χ1n) is 13.5. The molecule has 1 aromatic rings. The van der Waals surface area contributed by atoms with Gasteiger partial charge in [-0.05, 0) is 89.8 Å². The van der Waals surface area contributed by atoms with Gasteiger partial charge in [0.1, 0.15) is 0 Å². The number of rotatable bonds is 13. The molecular formula is C28H46F2N2O3. The molecule has 1 saturated heterocycles. The second kappa shape index (κ2) is 14.0. The highest BCUT2D eigenvalue weighted by molar-refractivity contribution is 5.27. The molecule has 0 radical (unpaired) electrons. The average Bonchev–Trinajstić information content (AvgIpc) is 2.88.